The van der Waals surface area contributed by atoms with Crippen molar-refractivity contribution in [3.8, 4) is 0 Å². The van der Waals surface area contributed by atoms with Crippen molar-refractivity contribution in [1.82, 2.24) is 14.3 Å². The largest absolute Gasteiger partial charge is 0.392 e. The average Bonchev–Trinajstić information content (AvgIpc) is 3.00. The minimum absolute atomic E-state index is 0.0563. The molecule has 0 atom stereocenters. The van der Waals surface area contributed by atoms with Crippen LogP contribution in [0.5, 0.6) is 0 Å². The second-order valence-electron chi connectivity index (χ2n) is 5.12. The van der Waals surface area contributed by atoms with E-state index < -0.39 is 0 Å². The summed E-state index contributed by atoms with van der Waals surface area (Å²) in [5.74, 6) is 0. The fourth-order valence-corrected chi connectivity index (χ4v) is 3.17. The number of rotatable bonds is 4. The lowest BCUT2D eigenvalue weighted by molar-refractivity contribution is 0.283. The first kappa shape index (κ1) is 14.4. The zero-order chi connectivity index (χ0) is 15.0. The Morgan fingerprint density at radius 2 is 2.05 bits per heavy atom. The molecule has 3 rings (SSSR count). The monoisotopic (exact) mass is 347 g/mol. The van der Waals surface area contributed by atoms with Crippen molar-refractivity contribution in [1.29, 1.82) is 0 Å². The Balaban J connectivity index is 2.10. The third kappa shape index (κ3) is 2.40. The fourth-order valence-electron chi connectivity index (χ4n) is 2.76. The molecule has 0 spiro atoms. The van der Waals surface area contributed by atoms with Crippen LogP contribution in [0, 0.1) is 6.92 Å². The zero-order valence-corrected chi connectivity index (χ0v) is 13.8. The van der Waals surface area contributed by atoms with Crippen molar-refractivity contribution in [3.05, 3.63) is 51.9 Å². The topological polar surface area (TPSA) is 43.0 Å². The molecule has 2 aromatic heterocycles. The Morgan fingerprint density at radius 3 is 2.76 bits per heavy atom. The molecule has 0 fully saturated rings. The van der Waals surface area contributed by atoms with E-state index in [4.69, 9.17) is 0 Å². The van der Waals surface area contributed by atoms with Crippen LogP contribution < -0.4 is 0 Å². The van der Waals surface area contributed by atoms with Crippen LogP contribution >= 0.6 is 15.9 Å². The third-order valence-electron chi connectivity index (χ3n) is 3.81. The van der Waals surface area contributed by atoms with Gasteiger partial charge in [-0.1, -0.05) is 18.2 Å². The molecule has 5 heteroatoms. The smallest absolute Gasteiger partial charge is 0.0739 e. The first-order chi connectivity index (χ1) is 10.2. The van der Waals surface area contributed by atoms with E-state index in [0.717, 1.165) is 45.4 Å². The maximum Gasteiger partial charge on any atom is 0.0739 e. The van der Waals surface area contributed by atoms with E-state index in [0.29, 0.717) is 0 Å². The molecule has 0 radical (unpaired) electrons. The van der Waals surface area contributed by atoms with Gasteiger partial charge in [-0.2, -0.15) is 5.10 Å². The molecule has 110 valence electrons. The van der Waals surface area contributed by atoms with Crippen LogP contribution in [0.1, 0.15) is 23.9 Å². The summed E-state index contributed by atoms with van der Waals surface area (Å²) in [5.41, 5.74) is 4.25. The Kier molecular flexibility index (Phi) is 3.87. The van der Waals surface area contributed by atoms with Crippen LogP contribution in [0.3, 0.4) is 0 Å². The van der Waals surface area contributed by atoms with Crippen LogP contribution in [-0.4, -0.2) is 19.5 Å². The Morgan fingerprint density at radius 1 is 1.29 bits per heavy atom. The van der Waals surface area contributed by atoms with Crippen molar-refractivity contribution in [2.24, 2.45) is 0 Å². The number of fused-ring (bicyclic) bond motifs is 1. The number of hydrogen-bond acceptors (Lipinski definition) is 2. The molecule has 0 bridgehead atoms. The summed E-state index contributed by atoms with van der Waals surface area (Å²) in [5, 5.41) is 15.2. The molecular formula is C16H18BrN3O. The molecule has 0 amide bonds. The second-order valence-corrected chi connectivity index (χ2v) is 5.91. The molecular weight excluding hydrogens is 330 g/mol. The van der Waals surface area contributed by atoms with Gasteiger partial charge in [-0.25, -0.2) is 0 Å². The first-order valence-corrected chi connectivity index (χ1v) is 7.84. The van der Waals surface area contributed by atoms with E-state index >= 15 is 0 Å². The summed E-state index contributed by atoms with van der Waals surface area (Å²) in [7, 11) is 0. The molecule has 1 aromatic carbocycles. The highest BCUT2D eigenvalue weighted by molar-refractivity contribution is 9.10. The van der Waals surface area contributed by atoms with E-state index in [2.05, 4.69) is 44.7 Å². The number of halogens is 1. The van der Waals surface area contributed by atoms with Gasteiger partial charge in [-0.05, 0) is 35.8 Å². The van der Waals surface area contributed by atoms with Crippen LogP contribution in [0.25, 0.3) is 10.9 Å². The molecule has 0 unspecified atom stereocenters. The number of para-hydroxylation sites is 1. The molecule has 3 aromatic rings. The van der Waals surface area contributed by atoms with Gasteiger partial charge in [0, 0.05) is 29.2 Å². The van der Waals surface area contributed by atoms with Gasteiger partial charge in [-0.3, -0.25) is 4.68 Å². The van der Waals surface area contributed by atoms with Gasteiger partial charge in [-0.15, -0.1) is 0 Å². The van der Waals surface area contributed by atoms with Gasteiger partial charge in [0.15, 0.2) is 0 Å². The third-order valence-corrected chi connectivity index (χ3v) is 4.85. The average molecular weight is 348 g/mol. The molecule has 21 heavy (non-hydrogen) atoms. The molecule has 2 heterocycles. The molecule has 1 N–H and O–H groups in total. The van der Waals surface area contributed by atoms with Gasteiger partial charge in [0.25, 0.3) is 0 Å². The quantitative estimate of drug-likeness (QED) is 0.785. The van der Waals surface area contributed by atoms with E-state index in [1.807, 2.05) is 29.9 Å². The summed E-state index contributed by atoms with van der Waals surface area (Å²) in [6.45, 7) is 5.73. The Labute approximate surface area is 132 Å². The molecule has 0 aliphatic heterocycles. The molecule has 0 aliphatic rings. The maximum atomic E-state index is 9.53. The maximum absolute atomic E-state index is 9.53. The van der Waals surface area contributed by atoms with E-state index in [-0.39, 0.29) is 6.61 Å². The number of benzene rings is 1. The molecule has 0 aliphatic carbocycles. The van der Waals surface area contributed by atoms with E-state index in [1.165, 1.54) is 0 Å². The predicted octanol–water partition coefficient (Wildman–Crippen LogP) is 3.47. The number of aromatic nitrogens is 3. The summed E-state index contributed by atoms with van der Waals surface area (Å²) < 4.78 is 5.26. The van der Waals surface area contributed by atoms with Crippen LogP contribution in [0.15, 0.2) is 34.9 Å². The Bertz CT molecular complexity index is 788. The molecule has 0 saturated carbocycles. The van der Waals surface area contributed by atoms with Crippen LogP contribution in [0.4, 0.5) is 0 Å². The summed E-state index contributed by atoms with van der Waals surface area (Å²) in [4.78, 5) is 0. The first-order valence-electron chi connectivity index (χ1n) is 7.05. The molecule has 0 saturated heterocycles. The van der Waals surface area contributed by atoms with Crippen molar-refractivity contribution >= 4 is 26.8 Å². The zero-order valence-electron chi connectivity index (χ0n) is 12.2. The van der Waals surface area contributed by atoms with E-state index in [9.17, 15) is 5.11 Å². The van der Waals surface area contributed by atoms with Gasteiger partial charge >= 0.3 is 0 Å². The molecule has 4 nitrogen and oxygen atoms in total. The SMILES string of the molecule is CCn1nc(C)c(Br)c1Cn1cc(CO)c2ccccc21. The summed E-state index contributed by atoms with van der Waals surface area (Å²) >= 11 is 3.64. The highest BCUT2D eigenvalue weighted by Crippen LogP contribution is 2.26. The van der Waals surface area contributed by atoms with Crippen LogP contribution in [0.2, 0.25) is 0 Å². The standard InChI is InChI=1S/C16H18BrN3O/c1-3-20-15(16(17)11(2)18-20)9-19-8-12(10-21)13-6-4-5-7-14(13)19/h4-8,21H,3,9-10H2,1-2H3. The lowest BCUT2D eigenvalue weighted by Gasteiger charge is -2.08. The lowest BCUT2D eigenvalue weighted by Crippen LogP contribution is -2.07. The minimum Gasteiger partial charge on any atom is -0.392 e. The van der Waals surface area contributed by atoms with Crippen LogP contribution in [-0.2, 0) is 19.7 Å². The van der Waals surface area contributed by atoms with E-state index in [1.54, 1.807) is 0 Å². The van der Waals surface area contributed by atoms with Gasteiger partial charge in [0.1, 0.15) is 0 Å². The van der Waals surface area contributed by atoms with Gasteiger partial charge in [0.2, 0.25) is 0 Å². The number of nitrogens with zero attached hydrogens (tertiary/aromatic N) is 3. The van der Waals surface area contributed by atoms with Gasteiger partial charge < -0.3 is 9.67 Å². The Hall–Kier alpha value is -1.59. The van der Waals surface area contributed by atoms with Crippen molar-refractivity contribution in [2.45, 2.75) is 33.5 Å². The van der Waals surface area contributed by atoms with Crippen molar-refractivity contribution in [3.63, 3.8) is 0 Å². The highest BCUT2D eigenvalue weighted by atomic mass is 79.9. The predicted molar refractivity (Wildman–Crippen MR) is 87.3 cm³/mol. The number of hydrogen-bond donors (Lipinski definition) is 1. The summed E-state index contributed by atoms with van der Waals surface area (Å²) in [6, 6.07) is 8.16. The summed E-state index contributed by atoms with van der Waals surface area (Å²) in [6.07, 6.45) is 2.03. The fraction of sp³-hybridized carbons (Fsp3) is 0.312. The minimum atomic E-state index is 0.0563. The van der Waals surface area contributed by atoms with Crippen molar-refractivity contribution in [2.75, 3.05) is 0 Å². The second kappa shape index (κ2) is 5.66. The lowest BCUT2D eigenvalue weighted by atomic mass is 10.2. The normalized spacial score (nSPS) is 11.4. The number of aryl methyl sites for hydroxylation is 2. The highest BCUT2D eigenvalue weighted by Gasteiger charge is 2.14. The number of aliphatic hydroxyl groups excluding tert-OH is 1. The van der Waals surface area contributed by atoms with Gasteiger partial charge in [0.05, 0.1) is 29.0 Å². The number of aliphatic hydroxyl groups is 1. The van der Waals surface area contributed by atoms with Crippen molar-refractivity contribution < 1.29 is 5.11 Å².